The average Bonchev–Trinajstić information content (AvgIpc) is 2.47. The summed E-state index contributed by atoms with van der Waals surface area (Å²) in [4.78, 5) is 16.3. The van der Waals surface area contributed by atoms with E-state index in [1.807, 2.05) is 0 Å². The van der Waals surface area contributed by atoms with Crippen molar-refractivity contribution in [2.24, 2.45) is 0 Å². The van der Waals surface area contributed by atoms with Crippen molar-refractivity contribution in [2.75, 3.05) is 0 Å². The van der Waals surface area contributed by atoms with Gasteiger partial charge in [-0.2, -0.15) is 13.2 Å². The van der Waals surface area contributed by atoms with E-state index in [1.165, 1.54) is 12.3 Å². The molecule has 24 heavy (non-hydrogen) atoms. The van der Waals surface area contributed by atoms with Crippen LogP contribution in [0.5, 0.6) is 5.75 Å². The molecule has 0 atom stereocenters. The number of hydrogen-bond donors (Lipinski definition) is 1. The van der Waals surface area contributed by atoms with E-state index in [0.717, 1.165) is 22.6 Å². The molecular weight excluding hydrogens is 345 g/mol. The van der Waals surface area contributed by atoms with E-state index >= 15 is 0 Å². The third-order valence-corrected chi connectivity index (χ3v) is 3.79. The Labute approximate surface area is 138 Å². The highest BCUT2D eigenvalue weighted by Gasteiger charge is 2.38. The van der Waals surface area contributed by atoms with Crippen LogP contribution in [0.1, 0.15) is 11.3 Å². The van der Waals surface area contributed by atoms with Crippen LogP contribution < -0.4 is 5.56 Å². The lowest BCUT2D eigenvalue weighted by atomic mass is 10.0. The third kappa shape index (κ3) is 2.71. The summed E-state index contributed by atoms with van der Waals surface area (Å²) in [6.45, 7) is 1.68. The quantitative estimate of drug-likeness (QED) is 0.717. The van der Waals surface area contributed by atoms with Crippen LogP contribution in [-0.4, -0.2) is 14.5 Å². The number of rotatable bonds is 1. The molecule has 0 amide bonds. The van der Waals surface area contributed by atoms with Crippen LogP contribution in [0.2, 0.25) is 5.02 Å². The van der Waals surface area contributed by atoms with Crippen molar-refractivity contribution in [2.45, 2.75) is 13.1 Å². The molecule has 0 unspecified atom stereocenters. The Bertz CT molecular complexity index is 1010. The minimum absolute atomic E-state index is 0.106. The molecule has 0 aliphatic rings. The van der Waals surface area contributed by atoms with Crippen LogP contribution in [0.4, 0.5) is 13.2 Å². The number of halogens is 4. The molecule has 124 valence electrons. The summed E-state index contributed by atoms with van der Waals surface area (Å²) >= 11 is 5.93. The number of fused-ring (bicyclic) bond motifs is 1. The first-order valence-corrected chi connectivity index (χ1v) is 7.15. The van der Waals surface area contributed by atoms with Crippen molar-refractivity contribution in [1.82, 2.24) is 9.38 Å². The Balaban J connectivity index is 2.47. The van der Waals surface area contributed by atoms with Crippen LogP contribution in [0.15, 0.2) is 41.3 Å². The Morgan fingerprint density at radius 3 is 2.54 bits per heavy atom. The summed E-state index contributed by atoms with van der Waals surface area (Å²) in [5.74, 6) is -0.221. The maximum atomic E-state index is 13.5. The number of phenolic OH excluding ortho intramolecular Hbond substituents is 1. The fourth-order valence-corrected chi connectivity index (χ4v) is 2.66. The van der Waals surface area contributed by atoms with E-state index in [1.54, 1.807) is 13.0 Å². The predicted molar refractivity (Wildman–Crippen MR) is 83.3 cm³/mol. The molecule has 4 nitrogen and oxygen atoms in total. The summed E-state index contributed by atoms with van der Waals surface area (Å²) < 4.78 is 41.4. The molecule has 2 aromatic heterocycles. The van der Waals surface area contributed by atoms with E-state index in [9.17, 15) is 23.1 Å². The zero-order valence-electron chi connectivity index (χ0n) is 12.2. The lowest BCUT2D eigenvalue weighted by molar-refractivity contribution is -0.140. The molecule has 0 bridgehead atoms. The Kier molecular flexibility index (Phi) is 3.76. The molecule has 0 fully saturated rings. The van der Waals surface area contributed by atoms with Gasteiger partial charge in [0.1, 0.15) is 11.4 Å². The number of hydrogen-bond acceptors (Lipinski definition) is 3. The molecule has 1 aromatic carbocycles. The predicted octanol–water partition coefficient (Wildman–Crippen LogP) is 4.05. The van der Waals surface area contributed by atoms with Gasteiger partial charge in [0.15, 0.2) is 5.69 Å². The molecule has 0 radical (unpaired) electrons. The van der Waals surface area contributed by atoms with Gasteiger partial charge in [0.2, 0.25) is 0 Å². The normalized spacial score (nSPS) is 11.9. The first-order valence-electron chi connectivity index (χ1n) is 6.77. The Morgan fingerprint density at radius 1 is 1.21 bits per heavy atom. The van der Waals surface area contributed by atoms with Gasteiger partial charge >= 0.3 is 6.18 Å². The number of alkyl halides is 3. The molecule has 3 aromatic rings. The number of aryl methyl sites for hydroxylation is 1. The van der Waals surface area contributed by atoms with E-state index < -0.39 is 23.0 Å². The zero-order valence-corrected chi connectivity index (χ0v) is 13.0. The van der Waals surface area contributed by atoms with E-state index in [0.29, 0.717) is 5.56 Å². The van der Waals surface area contributed by atoms with Crippen molar-refractivity contribution in [3.05, 3.63) is 63.2 Å². The fourth-order valence-electron chi connectivity index (χ4n) is 2.39. The van der Waals surface area contributed by atoms with Crippen LogP contribution in [0.3, 0.4) is 0 Å². The molecule has 0 aliphatic carbocycles. The molecule has 0 saturated heterocycles. The van der Waals surface area contributed by atoms with Crippen molar-refractivity contribution in [3.8, 4) is 16.9 Å². The third-order valence-electron chi connectivity index (χ3n) is 3.48. The van der Waals surface area contributed by atoms with Gasteiger partial charge in [0.25, 0.3) is 5.56 Å². The van der Waals surface area contributed by atoms with E-state index in [2.05, 4.69) is 4.98 Å². The van der Waals surface area contributed by atoms with Gasteiger partial charge in [-0.3, -0.25) is 9.20 Å². The highest BCUT2D eigenvalue weighted by Crippen LogP contribution is 2.37. The van der Waals surface area contributed by atoms with Crippen molar-refractivity contribution in [3.63, 3.8) is 0 Å². The molecule has 0 aliphatic heterocycles. The Morgan fingerprint density at radius 2 is 1.92 bits per heavy atom. The first-order chi connectivity index (χ1) is 11.2. The maximum absolute atomic E-state index is 13.5. The van der Waals surface area contributed by atoms with Gasteiger partial charge in [0.05, 0.1) is 10.6 Å². The SMILES string of the molecule is Cc1ccn2c(=O)c(-c3ccc(O)cc3Cl)c(C(F)(F)F)nc2c1. The van der Waals surface area contributed by atoms with Crippen molar-refractivity contribution in [1.29, 1.82) is 0 Å². The molecule has 0 saturated carbocycles. The highest BCUT2D eigenvalue weighted by atomic mass is 35.5. The number of nitrogens with zero attached hydrogens (tertiary/aromatic N) is 2. The lowest BCUT2D eigenvalue weighted by Gasteiger charge is -2.14. The van der Waals surface area contributed by atoms with Crippen LogP contribution >= 0.6 is 11.6 Å². The smallest absolute Gasteiger partial charge is 0.434 e. The van der Waals surface area contributed by atoms with Crippen molar-refractivity contribution < 1.29 is 18.3 Å². The van der Waals surface area contributed by atoms with Crippen molar-refractivity contribution >= 4 is 17.2 Å². The number of benzene rings is 1. The highest BCUT2D eigenvalue weighted by molar-refractivity contribution is 6.33. The van der Waals surface area contributed by atoms with Gasteiger partial charge in [-0.15, -0.1) is 0 Å². The molecule has 0 spiro atoms. The van der Waals surface area contributed by atoms with Crippen LogP contribution in [0.25, 0.3) is 16.8 Å². The van der Waals surface area contributed by atoms with E-state index in [4.69, 9.17) is 11.6 Å². The maximum Gasteiger partial charge on any atom is 0.434 e. The number of aromatic hydroxyl groups is 1. The zero-order chi connectivity index (χ0) is 17.6. The summed E-state index contributed by atoms with van der Waals surface area (Å²) in [5, 5.41) is 9.20. The summed E-state index contributed by atoms with van der Waals surface area (Å²) in [6, 6.07) is 6.36. The number of phenols is 1. The average molecular weight is 355 g/mol. The van der Waals surface area contributed by atoms with Gasteiger partial charge in [-0.25, -0.2) is 4.98 Å². The molecule has 2 heterocycles. The molecule has 8 heteroatoms. The first kappa shape index (κ1) is 16.3. The van der Waals surface area contributed by atoms with Crippen LogP contribution in [-0.2, 0) is 6.18 Å². The van der Waals surface area contributed by atoms with Crippen LogP contribution in [0, 0.1) is 6.92 Å². The molecule has 3 rings (SSSR count). The van der Waals surface area contributed by atoms with Gasteiger partial charge < -0.3 is 5.11 Å². The van der Waals surface area contributed by atoms with Gasteiger partial charge in [0, 0.05) is 11.8 Å². The number of pyridine rings is 1. The minimum Gasteiger partial charge on any atom is -0.508 e. The standard InChI is InChI=1S/C16H10ClF3N2O2/c1-8-4-5-22-12(6-8)21-14(16(18,19)20)13(15(22)24)10-3-2-9(23)7-11(10)17/h2-7,23H,1H3. The summed E-state index contributed by atoms with van der Waals surface area (Å²) in [6.07, 6.45) is -3.48. The fraction of sp³-hybridized carbons (Fsp3) is 0.125. The molecular formula is C16H10ClF3N2O2. The van der Waals surface area contributed by atoms with Gasteiger partial charge in [-0.05, 0) is 42.8 Å². The second kappa shape index (κ2) is 5.52. The minimum atomic E-state index is -4.84. The summed E-state index contributed by atoms with van der Waals surface area (Å²) in [5.41, 5.74) is -2.44. The largest absolute Gasteiger partial charge is 0.508 e. The lowest BCUT2D eigenvalue weighted by Crippen LogP contribution is -2.24. The second-order valence-electron chi connectivity index (χ2n) is 5.23. The number of aromatic nitrogens is 2. The Hall–Kier alpha value is -2.54. The molecule has 1 N–H and O–H groups in total. The van der Waals surface area contributed by atoms with Gasteiger partial charge in [-0.1, -0.05) is 11.6 Å². The monoisotopic (exact) mass is 354 g/mol. The summed E-state index contributed by atoms with van der Waals surface area (Å²) in [7, 11) is 0. The second-order valence-corrected chi connectivity index (χ2v) is 5.64. The topological polar surface area (TPSA) is 54.6 Å². The van der Waals surface area contributed by atoms with E-state index in [-0.39, 0.29) is 22.0 Å².